The lowest BCUT2D eigenvalue weighted by Crippen LogP contribution is -2.10. The van der Waals surface area contributed by atoms with Crippen LogP contribution in [0.3, 0.4) is 0 Å². The summed E-state index contributed by atoms with van der Waals surface area (Å²) in [6, 6.07) is 0. The van der Waals surface area contributed by atoms with Gasteiger partial charge in [-0.25, -0.2) is 4.39 Å². The van der Waals surface area contributed by atoms with E-state index in [2.05, 4.69) is 13.2 Å². The predicted octanol–water partition coefficient (Wildman–Crippen LogP) is 3.71. The second-order valence-corrected chi connectivity index (χ2v) is 2.32. The Labute approximate surface area is 71.8 Å². The molecular formula is C7H5ClF4. The van der Waals surface area contributed by atoms with E-state index in [0.717, 1.165) is 0 Å². The molecule has 0 aliphatic rings. The molecule has 0 aliphatic heterocycles. The van der Waals surface area contributed by atoms with Crippen LogP contribution in [0.15, 0.2) is 35.7 Å². The lowest BCUT2D eigenvalue weighted by molar-refractivity contribution is -0.0882. The maximum atomic E-state index is 11.9. The minimum Gasteiger partial charge on any atom is -0.208 e. The van der Waals surface area contributed by atoms with Crippen LogP contribution in [0.4, 0.5) is 17.6 Å². The van der Waals surface area contributed by atoms with E-state index in [1.165, 1.54) is 0 Å². The van der Waals surface area contributed by atoms with Gasteiger partial charge in [-0.15, -0.1) is 0 Å². The van der Waals surface area contributed by atoms with Crippen molar-refractivity contribution < 1.29 is 17.6 Å². The molecule has 0 radical (unpaired) electrons. The third-order valence-corrected chi connectivity index (χ3v) is 1.25. The second kappa shape index (κ2) is 3.76. The number of allylic oxidation sites excluding steroid dienone is 4. The summed E-state index contributed by atoms with van der Waals surface area (Å²) in [5.41, 5.74) is -1.29. The Hall–Kier alpha value is -0.770. The lowest BCUT2D eigenvalue weighted by atomic mass is 10.2. The van der Waals surface area contributed by atoms with Gasteiger partial charge in [-0.3, -0.25) is 0 Å². The Morgan fingerprint density at radius 3 is 1.92 bits per heavy atom. The van der Waals surface area contributed by atoms with Crippen molar-refractivity contribution in [3.63, 3.8) is 0 Å². The first-order valence-corrected chi connectivity index (χ1v) is 3.11. The van der Waals surface area contributed by atoms with E-state index in [9.17, 15) is 17.6 Å². The molecule has 0 fully saturated rings. The number of halogens is 5. The van der Waals surface area contributed by atoms with E-state index in [-0.39, 0.29) is 0 Å². The quantitative estimate of drug-likeness (QED) is 0.471. The molecule has 0 spiro atoms. The van der Waals surface area contributed by atoms with Crippen molar-refractivity contribution in [3.05, 3.63) is 35.7 Å². The van der Waals surface area contributed by atoms with Gasteiger partial charge in [0.2, 0.25) is 0 Å². The minimum atomic E-state index is -4.64. The number of alkyl halides is 3. The number of hydrogen-bond donors (Lipinski definition) is 0. The topological polar surface area (TPSA) is 0 Å². The molecule has 0 aromatic rings. The fourth-order valence-electron chi connectivity index (χ4n) is 0.360. The highest BCUT2D eigenvalue weighted by Crippen LogP contribution is 2.31. The zero-order valence-corrected chi connectivity index (χ0v) is 6.64. The summed E-state index contributed by atoms with van der Waals surface area (Å²) in [4.78, 5) is 0. The average Bonchev–Trinajstić information content (AvgIpc) is 1.82. The Morgan fingerprint density at radius 2 is 1.67 bits per heavy atom. The molecule has 0 nitrogen and oxygen atoms in total. The van der Waals surface area contributed by atoms with E-state index >= 15 is 0 Å². The van der Waals surface area contributed by atoms with Crippen molar-refractivity contribution in [1.82, 2.24) is 0 Å². The van der Waals surface area contributed by atoms with Crippen molar-refractivity contribution >= 4 is 11.6 Å². The maximum Gasteiger partial charge on any atom is 0.417 e. The van der Waals surface area contributed by atoms with Crippen molar-refractivity contribution in [1.29, 1.82) is 0 Å². The maximum absolute atomic E-state index is 11.9. The van der Waals surface area contributed by atoms with E-state index in [0.29, 0.717) is 6.08 Å². The monoisotopic (exact) mass is 200 g/mol. The van der Waals surface area contributed by atoms with Crippen LogP contribution in [-0.2, 0) is 0 Å². The van der Waals surface area contributed by atoms with Crippen molar-refractivity contribution in [3.8, 4) is 0 Å². The van der Waals surface area contributed by atoms with Gasteiger partial charge in [0, 0.05) is 0 Å². The standard InChI is InChI=1S/C7H5ClF4/c1-4(9)3-6(8)5(2)7(10,11)12/h3H,1-2H2/b6-3+. The smallest absolute Gasteiger partial charge is 0.208 e. The number of hydrogen-bond acceptors (Lipinski definition) is 0. The highest BCUT2D eigenvalue weighted by Gasteiger charge is 2.33. The molecule has 0 heterocycles. The van der Waals surface area contributed by atoms with Crippen LogP contribution < -0.4 is 0 Å². The molecule has 12 heavy (non-hydrogen) atoms. The van der Waals surface area contributed by atoms with Crippen LogP contribution in [0.1, 0.15) is 0 Å². The first-order chi connectivity index (χ1) is 5.25. The molecule has 0 aliphatic carbocycles. The molecule has 0 saturated heterocycles. The van der Waals surface area contributed by atoms with Gasteiger partial charge in [0.05, 0.1) is 10.6 Å². The minimum absolute atomic E-state index is 0.456. The van der Waals surface area contributed by atoms with E-state index in [1.54, 1.807) is 0 Å². The third kappa shape index (κ3) is 3.57. The van der Waals surface area contributed by atoms with Crippen LogP contribution in [-0.4, -0.2) is 6.18 Å². The van der Waals surface area contributed by atoms with Crippen LogP contribution in [0, 0.1) is 0 Å². The number of rotatable bonds is 2. The lowest BCUT2D eigenvalue weighted by Gasteiger charge is -2.07. The molecule has 0 rings (SSSR count). The zero-order valence-electron chi connectivity index (χ0n) is 5.88. The highest BCUT2D eigenvalue weighted by molar-refractivity contribution is 6.32. The average molecular weight is 201 g/mol. The Bertz CT molecular complexity index is 236. The molecule has 5 heteroatoms. The van der Waals surface area contributed by atoms with Crippen LogP contribution in [0.25, 0.3) is 0 Å². The summed E-state index contributed by atoms with van der Waals surface area (Å²) in [6.45, 7) is 5.37. The first kappa shape index (κ1) is 11.2. The van der Waals surface area contributed by atoms with Gasteiger partial charge in [-0.05, 0) is 6.08 Å². The highest BCUT2D eigenvalue weighted by atomic mass is 35.5. The molecule has 0 saturated carbocycles. The molecule has 0 aromatic carbocycles. The van der Waals surface area contributed by atoms with Crippen molar-refractivity contribution in [2.45, 2.75) is 6.18 Å². The van der Waals surface area contributed by atoms with Gasteiger partial charge >= 0.3 is 6.18 Å². The SMILES string of the molecule is C=C(F)/C=C(/Cl)C(=C)C(F)(F)F. The summed E-state index contributed by atoms with van der Waals surface area (Å²) in [6.07, 6.45) is -4.18. The van der Waals surface area contributed by atoms with E-state index in [4.69, 9.17) is 11.6 Å². The molecule has 0 atom stereocenters. The fraction of sp³-hybridized carbons (Fsp3) is 0.143. The first-order valence-electron chi connectivity index (χ1n) is 2.73. The van der Waals surface area contributed by atoms with Gasteiger partial charge in [-0.2, -0.15) is 13.2 Å². The van der Waals surface area contributed by atoms with Gasteiger partial charge in [0.15, 0.2) is 0 Å². The fourth-order valence-corrected chi connectivity index (χ4v) is 0.586. The molecule has 0 bridgehead atoms. The summed E-state index contributed by atoms with van der Waals surface area (Å²) >= 11 is 5.05. The third-order valence-electron chi connectivity index (χ3n) is 0.914. The molecule has 0 unspecified atom stereocenters. The molecule has 68 valence electrons. The summed E-state index contributed by atoms with van der Waals surface area (Å²) in [7, 11) is 0. The van der Waals surface area contributed by atoms with Crippen LogP contribution >= 0.6 is 11.6 Å². The zero-order chi connectivity index (χ0) is 9.94. The Balaban J connectivity index is 4.63. The van der Waals surface area contributed by atoms with Gasteiger partial charge in [0.1, 0.15) is 5.83 Å². The van der Waals surface area contributed by atoms with Gasteiger partial charge in [-0.1, -0.05) is 24.8 Å². The molecule has 0 aromatic heterocycles. The molecular weight excluding hydrogens is 196 g/mol. The van der Waals surface area contributed by atoms with E-state index in [1.807, 2.05) is 0 Å². The van der Waals surface area contributed by atoms with Gasteiger partial charge < -0.3 is 0 Å². The van der Waals surface area contributed by atoms with Crippen molar-refractivity contribution in [2.24, 2.45) is 0 Å². The summed E-state index contributed by atoms with van der Waals surface area (Å²) in [5, 5.41) is -0.796. The molecule has 0 amide bonds. The molecule has 0 N–H and O–H groups in total. The summed E-state index contributed by atoms with van der Waals surface area (Å²) in [5.74, 6) is -1.05. The Morgan fingerprint density at radius 1 is 1.25 bits per heavy atom. The summed E-state index contributed by atoms with van der Waals surface area (Å²) < 4.78 is 47.3. The van der Waals surface area contributed by atoms with Crippen molar-refractivity contribution in [2.75, 3.05) is 0 Å². The van der Waals surface area contributed by atoms with Gasteiger partial charge in [0.25, 0.3) is 0 Å². The largest absolute Gasteiger partial charge is 0.417 e. The van der Waals surface area contributed by atoms with E-state index < -0.39 is 22.6 Å². The van der Waals surface area contributed by atoms with Crippen LogP contribution in [0.5, 0.6) is 0 Å². The predicted molar refractivity (Wildman–Crippen MR) is 39.4 cm³/mol. The second-order valence-electron chi connectivity index (χ2n) is 1.92. The van der Waals surface area contributed by atoms with Crippen LogP contribution in [0.2, 0.25) is 0 Å². The normalized spacial score (nSPS) is 12.9. The Kier molecular flexibility index (Phi) is 3.52.